The van der Waals surface area contributed by atoms with Crippen LogP contribution in [-0.4, -0.2) is 48.4 Å². The molecule has 6 nitrogen and oxygen atoms in total. The maximum Gasteiger partial charge on any atom is 0.329 e. The number of para-hydroxylation sites is 1. The molecule has 2 rings (SSSR count). The van der Waals surface area contributed by atoms with Crippen LogP contribution in [0, 0.1) is 11.8 Å². The van der Waals surface area contributed by atoms with Crippen molar-refractivity contribution in [1.82, 2.24) is 0 Å². The molecule has 1 fully saturated rings. The number of carbonyl (C=O) groups is 2. The lowest BCUT2D eigenvalue weighted by Gasteiger charge is -2.20. The molecule has 0 amide bonds. The summed E-state index contributed by atoms with van der Waals surface area (Å²) in [5.74, 6) is -0.111. The minimum atomic E-state index is -0.988. The van der Waals surface area contributed by atoms with E-state index < -0.39 is 5.97 Å². The van der Waals surface area contributed by atoms with Gasteiger partial charge in [0.05, 0.1) is 12.5 Å². The predicted octanol–water partition coefficient (Wildman–Crippen LogP) is 1.69. The highest BCUT2D eigenvalue weighted by Gasteiger charge is 2.34. The number of aliphatic hydroxyl groups is 1. The van der Waals surface area contributed by atoms with Crippen LogP contribution >= 0.6 is 0 Å². The molecule has 1 aromatic rings. The minimum absolute atomic E-state index is 0.0479. The van der Waals surface area contributed by atoms with E-state index in [0.29, 0.717) is 38.2 Å². The molecule has 0 heterocycles. The summed E-state index contributed by atoms with van der Waals surface area (Å²) in [7, 11) is 0. The number of aliphatic carboxylic acids is 1. The summed E-state index contributed by atoms with van der Waals surface area (Å²) in [4.78, 5) is 22.5. The number of ether oxygens (including phenoxy) is 2. The van der Waals surface area contributed by atoms with Crippen LogP contribution in [0.2, 0.25) is 0 Å². The Bertz CT molecular complexity index is 556. The second-order valence-corrected chi connectivity index (χ2v) is 6.00. The first-order valence-corrected chi connectivity index (χ1v) is 8.25. The number of hydrogen-bond acceptors (Lipinski definition) is 5. The van der Waals surface area contributed by atoms with Gasteiger partial charge in [-0.15, -0.1) is 0 Å². The maximum atomic E-state index is 12.1. The van der Waals surface area contributed by atoms with Gasteiger partial charge >= 0.3 is 5.97 Å². The van der Waals surface area contributed by atoms with Gasteiger partial charge in [-0.2, -0.15) is 0 Å². The standard InChI is InChI=1S/C18H24O6/c19-9-7-14-3-1-2-4-17(14)24-11-15-13(5-6-16(15)20)8-10-23-12-18(21)22/h1-4,13,15,19H,5-12H2,(H,21,22)/t13-,15-/m1/s1. The second-order valence-electron chi connectivity index (χ2n) is 6.00. The number of rotatable bonds is 10. The van der Waals surface area contributed by atoms with E-state index in [1.807, 2.05) is 24.3 Å². The van der Waals surface area contributed by atoms with Crippen LogP contribution in [0.15, 0.2) is 24.3 Å². The molecule has 0 aliphatic heterocycles. The van der Waals surface area contributed by atoms with E-state index in [1.54, 1.807) is 0 Å². The maximum absolute atomic E-state index is 12.1. The molecule has 1 aromatic carbocycles. The fraction of sp³-hybridized carbons (Fsp3) is 0.556. The van der Waals surface area contributed by atoms with Crippen molar-refractivity contribution in [2.45, 2.75) is 25.7 Å². The third-order valence-corrected chi connectivity index (χ3v) is 4.37. The van der Waals surface area contributed by atoms with E-state index in [-0.39, 0.29) is 30.8 Å². The van der Waals surface area contributed by atoms with Gasteiger partial charge in [-0.25, -0.2) is 4.79 Å². The molecule has 0 spiro atoms. The molecule has 0 saturated heterocycles. The van der Waals surface area contributed by atoms with Crippen molar-refractivity contribution in [3.63, 3.8) is 0 Å². The molecule has 24 heavy (non-hydrogen) atoms. The number of hydrogen-bond donors (Lipinski definition) is 2. The number of carbonyl (C=O) groups excluding carboxylic acids is 1. The van der Waals surface area contributed by atoms with Crippen LogP contribution in [-0.2, 0) is 20.7 Å². The van der Waals surface area contributed by atoms with Crippen LogP contribution in [0.25, 0.3) is 0 Å². The second kappa shape index (κ2) is 9.39. The lowest BCUT2D eigenvalue weighted by atomic mass is 9.93. The molecule has 1 saturated carbocycles. The Labute approximate surface area is 141 Å². The molecule has 0 bridgehead atoms. The van der Waals surface area contributed by atoms with Gasteiger partial charge in [0.25, 0.3) is 0 Å². The largest absolute Gasteiger partial charge is 0.493 e. The quantitative estimate of drug-likeness (QED) is 0.632. The molecular formula is C18H24O6. The number of Topliss-reactive ketones (excluding diaryl/α,β-unsaturated/α-hetero) is 1. The van der Waals surface area contributed by atoms with Crippen LogP contribution < -0.4 is 4.74 Å². The SMILES string of the molecule is O=C(O)COCC[C@H]1CCC(=O)[C@@H]1COc1ccccc1CCO. The zero-order valence-electron chi connectivity index (χ0n) is 13.6. The first-order valence-electron chi connectivity index (χ1n) is 8.25. The van der Waals surface area contributed by atoms with E-state index in [2.05, 4.69) is 0 Å². The van der Waals surface area contributed by atoms with Gasteiger partial charge < -0.3 is 19.7 Å². The third kappa shape index (κ3) is 5.32. The Hall–Kier alpha value is -1.92. The van der Waals surface area contributed by atoms with Crippen molar-refractivity contribution in [3.8, 4) is 5.75 Å². The normalized spacial score (nSPS) is 20.3. The highest BCUT2D eigenvalue weighted by Crippen LogP contribution is 2.32. The summed E-state index contributed by atoms with van der Waals surface area (Å²) in [5, 5.41) is 17.7. The molecule has 0 unspecified atom stereocenters. The van der Waals surface area contributed by atoms with Gasteiger partial charge in [0.1, 0.15) is 18.1 Å². The van der Waals surface area contributed by atoms with Gasteiger partial charge in [-0.05, 0) is 36.8 Å². The monoisotopic (exact) mass is 336 g/mol. The Kier molecular flexibility index (Phi) is 7.21. The van der Waals surface area contributed by atoms with Crippen molar-refractivity contribution in [2.24, 2.45) is 11.8 Å². The van der Waals surface area contributed by atoms with Gasteiger partial charge in [-0.3, -0.25) is 4.79 Å². The van der Waals surface area contributed by atoms with Crippen LogP contribution in [0.1, 0.15) is 24.8 Å². The first kappa shape index (κ1) is 18.4. The topological polar surface area (TPSA) is 93.1 Å². The molecule has 132 valence electrons. The smallest absolute Gasteiger partial charge is 0.329 e. The lowest BCUT2D eigenvalue weighted by molar-refractivity contribution is -0.142. The average Bonchev–Trinajstić information content (AvgIpc) is 2.91. The summed E-state index contributed by atoms with van der Waals surface area (Å²) in [5.41, 5.74) is 0.923. The predicted molar refractivity (Wildman–Crippen MR) is 87.0 cm³/mol. The fourth-order valence-corrected chi connectivity index (χ4v) is 3.10. The average molecular weight is 336 g/mol. The zero-order chi connectivity index (χ0) is 17.4. The number of benzene rings is 1. The van der Waals surface area contributed by atoms with Gasteiger partial charge in [-0.1, -0.05) is 18.2 Å². The van der Waals surface area contributed by atoms with E-state index in [4.69, 9.17) is 19.7 Å². The van der Waals surface area contributed by atoms with E-state index in [9.17, 15) is 9.59 Å². The van der Waals surface area contributed by atoms with Gasteiger partial charge in [0.15, 0.2) is 0 Å². The van der Waals surface area contributed by atoms with Crippen molar-refractivity contribution in [1.29, 1.82) is 0 Å². The molecular weight excluding hydrogens is 312 g/mol. The fourth-order valence-electron chi connectivity index (χ4n) is 3.10. The Morgan fingerprint density at radius 1 is 1.29 bits per heavy atom. The van der Waals surface area contributed by atoms with Crippen molar-refractivity contribution >= 4 is 11.8 Å². The van der Waals surface area contributed by atoms with E-state index in [1.165, 1.54) is 0 Å². The summed E-state index contributed by atoms with van der Waals surface area (Å²) in [6.45, 7) is 0.384. The van der Waals surface area contributed by atoms with Crippen molar-refractivity contribution in [2.75, 3.05) is 26.4 Å². The molecule has 1 aliphatic rings. The Morgan fingerprint density at radius 3 is 2.83 bits per heavy atom. The van der Waals surface area contributed by atoms with Gasteiger partial charge in [0, 0.05) is 19.6 Å². The van der Waals surface area contributed by atoms with Crippen LogP contribution in [0.5, 0.6) is 5.75 Å². The Morgan fingerprint density at radius 2 is 2.08 bits per heavy atom. The highest BCUT2D eigenvalue weighted by molar-refractivity contribution is 5.83. The zero-order valence-corrected chi connectivity index (χ0v) is 13.6. The molecule has 2 atom stereocenters. The molecule has 0 aromatic heterocycles. The highest BCUT2D eigenvalue weighted by atomic mass is 16.5. The summed E-state index contributed by atoms with van der Waals surface area (Å²) in [6, 6.07) is 7.50. The lowest BCUT2D eigenvalue weighted by Crippen LogP contribution is -2.24. The van der Waals surface area contributed by atoms with Crippen LogP contribution in [0.3, 0.4) is 0 Å². The number of aliphatic hydroxyl groups excluding tert-OH is 1. The molecule has 1 aliphatic carbocycles. The molecule has 0 radical (unpaired) electrons. The number of carboxylic acid groups (broad SMARTS) is 1. The minimum Gasteiger partial charge on any atom is -0.493 e. The molecule has 6 heteroatoms. The summed E-state index contributed by atoms with van der Waals surface area (Å²) in [6.07, 6.45) is 2.50. The summed E-state index contributed by atoms with van der Waals surface area (Å²) >= 11 is 0. The van der Waals surface area contributed by atoms with Crippen molar-refractivity contribution < 1.29 is 29.3 Å². The summed E-state index contributed by atoms with van der Waals surface area (Å²) < 4.78 is 10.9. The van der Waals surface area contributed by atoms with Gasteiger partial charge in [0.2, 0.25) is 0 Å². The molecule has 2 N–H and O–H groups in total. The van der Waals surface area contributed by atoms with Crippen LogP contribution in [0.4, 0.5) is 0 Å². The Balaban J connectivity index is 1.87. The van der Waals surface area contributed by atoms with E-state index in [0.717, 1.165) is 12.0 Å². The number of carboxylic acids is 1. The van der Waals surface area contributed by atoms with Crippen molar-refractivity contribution in [3.05, 3.63) is 29.8 Å². The first-order chi connectivity index (χ1) is 11.6. The number of ketones is 1. The third-order valence-electron chi connectivity index (χ3n) is 4.37. The van der Waals surface area contributed by atoms with E-state index >= 15 is 0 Å².